The number of allylic oxidation sites excluding steroid dienone is 10. The zero-order valence-corrected chi connectivity index (χ0v) is 21.2. The molecular formula is C29H43N3. The lowest BCUT2D eigenvalue weighted by molar-refractivity contribution is 0.346. The maximum Gasteiger partial charge on any atom is 0.0746 e. The molecule has 32 heavy (non-hydrogen) atoms. The van der Waals surface area contributed by atoms with E-state index in [0.717, 1.165) is 25.7 Å². The van der Waals surface area contributed by atoms with Crippen LogP contribution in [0, 0.1) is 11.8 Å². The molecule has 3 nitrogen and oxygen atoms in total. The normalized spacial score (nSPS) is 26.8. The first kappa shape index (κ1) is 25.8. The van der Waals surface area contributed by atoms with Gasteiger partial charge >= 0.3 is 0 Å². The van der Waals surface area contributed by atoms with Gasteiger partial charge in [0.2, 0.25) is 0 Å². The van der Waals surface area contributed by atoms with E-state index >= 15 is 0 Å². The fourth-order valence-corrected chi connectivity index (χ4v) is 4.64. The molecule has 3 heteroatoms. The molecule has 0 radical (unpaired) electrons. The molecule has 0 aromatic rings. The molecule has 3 atom stereocenters. The topological polar surface area (TPSA) is 50.7 Å². The van der Waals surface area contributed by atoms with E-state index in [2.05, 4.69) is 78.8 Å². The largest absolute Gasteiger partial charge is 0.397 e. The van der Waals surface area contributed by atoms with Gasteiger partial charge in [0.25, 0.3) is 0 Å². The van der Waals surface area contributed by atoms with E-state index in [9.17, 15) is 0 Å². The van der Waals surface area contributed by atoms with Gasteiger partial charge in [0, 0.05) is 11.9 Å². The van der Waals surface area contributed by atoms with E-state index in [1.807, 2.05) is 18.4 Å². The summed E-state index contributed by atoms with van der Waals surface area (Å²) in [6.07, 6.45) is 20.9. The molecule has 2 rings (SSSR count). The minimum absolute atomic E-state index is 0.195. The number of hydrogen-bond donors (Lipinski definition) is 1. The van der Waals surface area contributed by atoms with Gasteiger partial charge in [-0.2, -0.15) is 0 Å². The highest BCUT2D eigenvalue weighted by atomic mass is 14.8. The van der Waals surface area contributed by atoms with Crippen molar-refractivity contribution < 1.29 is 0 Å². The minimum atomic E-state index is 0.195. The molecule has 0 fully saturated rings. The zero-order chi connectivity index (χ0) is 23.7. The Bertz CT molecular complexity index is 887. The molecule has 1 aliphatic carbocycles. The smallest absolute Gasteiger partial charge is 0.0746 e. The first-order chi connectivity index (χ1) is 15.3. The van der Waals surface area contributed by atoms with E-state index in [0.29, 0.717) is 23.6 Å². The van der Waals surface area contributed by atoms with Gasteiger partial charge in [-0.05, 0) is 86.7 Å². The van der Waals surface area contributed by atoms with Gasteiger partial charge in [0.05, 0.1) is 17.8 Å². The lowest BCUT2D eigenvalue weighted by Gasteiger charge is -2.27. The van der Waals surface area contributed by atoms with E-state index in [1.54, 1.807) is 0 Å². The highest BCUT2D eigenvalue weighted by Gasteiger charge is 2.26. The number of nitrogens with two attached hydrogens (primary N) is 1. The van der Waals surface area contributed by atoms with Crippen LogP contribution in [-0.4, -0.2) is 24.0 Å². The van der Waals surface area contributed by atoms with E-state index < -0.39 is 0 Å². The monoisotopic (exact) mass is 433 g/mol. The number of rotatable bonds is 8. The van der Waals surface area contributed by atoms with Crippen LogP contribution in [0.1, 0.15) is 74.1 Å². The van der Waals surface area contributed by atoms with E-state index in [4.69, 9.17) is 15.7 Å². The van der Waals surface area contributed by atoms with E-state index in [1.165, 1.54) is 28.0 Å². The zero-order valence-electron chi connectivity index (χ0n) is 21.2. The Labute approximate surface area is 196 Å². The molecule has 0 aromatic heterocycles. The molecule has 0 saturated carbocycles. The third-order valence-corrected chi connectivity index (χ3v) is 6.56. The highest BCUT2D eigenvalue weighted by molar-refractivity contribution is 6.14. The van der Waals surface area contributed by atoms with Crippen molar-refractivity contribution in [2.24, 2.45) is 27.6 Å². The summed E-state index contributed by atoms with van der Waals surface area (Å²) in [6, 6.07) is 0.568. The molecule has 174 valence electrons. The molecule has 0 saturated heterocycles. The number of nitrogens with zero attached hydrogens (tertiary/aromatic N) is 2. The highest BCUT2D eigenvalue weighted by Crippen LogP contribution is 2.31. The van der Waals surface area contributed by atoms with Crippen LogP contribution in [0.4, 0.5) is 0 Å². The van der Waals surface area contributed by atoms with Gasteiger partial charge in [0.15, 0.2) is 0 Å². The number of hydrogen-bond acceptors (Lipinski definition) is 3. The molecular weight excluding hydrogens is 390 g/mol. The summed E-state index contributed by atoms with van der Waals surface area (Å²) in [7, 11) is 0. The minimum Gasteiger partial charge on any atom is -0.397 e. The van der Waals surface area contributed by atoms with Crippen LogP contribution in [0.15, 0.2) is 80.5 Å². The van der Waals surface area contributed by atoms with Crippen molar-refractivity contribution in [3.63, 3.8) is 0 Å². The Morgan fingerprint density at radius 2 is 2.06 bits per heavy atom. The molecule has 0 amide bonds. The van der Waals surface area contributed by atoms with Crippen LogP contribution in [0.3, 0.4) is 0 Å². The van der Waals surface area contributed by atoms with Gasteiger partial charge < -0.3 is 5.73 Å². The lowest BCUT2D eigenvalue weighted by atomic mass is 9.82. The van der Waals surface area contributed by atoms with Crippen LogP contribution in [0.2, 0.25) is 0 Å². The third-order valence-electron chi connectivity index (χ3n) is 6.56. The summed E-state index contributed by atoms with van der Waals surface area (Å²) < 4.78 is 0. The lowest BCUT2D eigenvalue weighted by Crippen LogP contribution is -2.25. The van der Waals surface area contributed by atoms with Crippen LogP contribution in [0.5, 0.6) is 0 Å². The second-order valence-electron chi connectivity index (χ2n) is 9.28. The van der Waals surface area contributed by atoms with Gasteiger partial charge in [-0.25, -0.2) is 0 Å². The van der Waals surface area contributed by atoms with Gasteiger partial charge in [-0.1, -0.05) is 64.2 Å². The molecule has 0 bridgehead atoms. The Morgan fingerprint density at radius 3 is 2.69 bits per heavy atom. The molecule has 3 unspecified atom stereocenters. The standard InChI is InChI=1S/C29H43N3/c1-8-23-15-11-12-17-27(20(4)5)28(23)31-19-25(30)16-13-14-21(6)26(10-3)29-24(9-2)18-22(7)32-29/h9,11-16,19-20,22,27-28H,8,10,17-18,30H2,1-7H3/b14-13?,24-9-,25-16?,26-21?,31-19?. The van der Waals surface area contributed by atoms with Crippen molar-refractivity contribution in [2.75, 3.05) is 0 Å². The van der Waals surface area contributed by atoms with Crippen molar-refractivity contribution in [2.45, 2.75) is 86.2 Å². The average Bonchev–Trinajstić information content (AvgIpc) is 3.00. The Kier molecular flexibility index (Phi) is 10.2. The quantitative estimate of drug-likeness (QED) is 0.317. The van der Waals surface area contributed by atoms with Crippen LogP contribution in [-0.2, 0) is 0 Å². The fraction of sp³-hybridized carbons (Fsp3) is 0.517. The van der Waals surface area contributed by atoms with Gasteiger partial charge in [0.1, 0.15) is 0 Å². The van der Waals surface area contributed by atoms with Gasteiger partial charge in [-0.3, -0.25) is 9.98 Å². The molecule has 2 N–H and O–H groups in total. The van der Waals surface area contributed by atoms with Crippen molar-refractivity contribution in [3.05, 3.63) is 70.5 Å². The Hall–Kier alpha value is -2.42. The second-order valence-corrected chi connectivity index (χ2v) is 9.28. The predicted molar refractivity (Wildman–Crippen MR) is 142 cm³/mol. The summed E-state index contributed by atoms with van der Waals surface area (Å²) in [4.78, 5) is 9.83. The Balaban J connectivity index is 2.19. The molecule has 0 spiro atoms. The summed E-state index contributed by atoms with van der Waals surface area (Å²) in [5.41, 5.74) is 13.5. The van der Waals surface area contributed by atoms with Crippen molar-refractivity contribution in [3.8, 4) is 0 Å². The molecule has 1 aliphatic heterocycles. The maximum atomic E-state index is 6.29. The summed E-state index contributed by atoms with van der Waals surface area (Å²) in [6.45, 7) is 15.4. The summed E-state index contributed by atoms with van der Waals surface area (Å²) >= 11 is 0. The fourth-order valence-electron chi connectivity index (χ4n) is 4.64. The SMILES string of the molecule is C/C=C1/CC(C)N=C1C(CC)=C(C)C=CC=C(N)C=NC1C(CC)=CC=CCC1C(C)C. The maximum absolute atomic E-state index is 6.29. The molecule has 1 heterocycles. The van der Waals surface area contributed by atoms with Crippen molar-refractivity contribution in [1.29, 1.82) is 0 Å². The molecule has 2 aliphatic rings. The predicted octanol–water partition coefficient (Wildman–Crippen LogP) is 7.30. The summed E-state index contributed by atoms with van der Waals surface area (Å²) in [5.74, 6) is 1.08. The second kappa shape index (κ2) is 12.6. The van der Waals surface area contributed by atoms with Crippen molar-refractivity contribution >= 4 is 11.9 Å². The van der Waals surface area contributed by atoms with E-state index in [-0.39, 0.29) is 6.04 Å². The van der Waals surface area contributed by atoms with Crippen molar-refractivity contribution in [1.82, 2.24) is 0 Å². The average molecular weight is 434 g/mol. The summed E-state index contributed by atoms with van der Waals surface area (Å²) in [5, 5.41) is 0. The molecule has 0 aromatic carbocycles. The van der Waals surface area contributed by atoms with Crippen LogP contribution < -0.4 is 5.73 Å². The first-order valence-corrected chi connectivity index (χ1v) is 12.3. The Morgan fingerprint density at radius 1 is 1.31 bits per heavy atom. The van der Waals surface area contributed by atoms with Gasteiger partial charge in [-0.15, -0.1) is 0 Å². The number of aliphatic imine (C=N–C) groups is 2. The van der Waals surface area contributed by atoms with Crippen LogP contribution >= 0.6 is 0 Å². The first-order valence-electron chi connectivity index (χ1n) is 12.3. The van der Waals surface area contributed by atoms with Crippen LogP contribution in [0.25, 0.3) is 0 Å². The third kappa shape index (κ3) is 6.79.